The summed E-state index contributed by atoms with van der Waals surface area (Å²) in [5.74, 6) is -1.05. The van der Waals surface area contributed by atoms with E-state index in [9.17, 15) is 13.9 Å². The first-order chi connectivity index (χ1) is 8.75. The van der Waals surface area contributed by atoms with Crippen LogP contribution in [0.2, 0.25) is 0 Å². The molecule has 1 saturated carbocycles. The minimum absolute atomic E-state index is 0.0150. The maximum Gasteiger partial charge on any atom is 0.126 e. The number of nitrogens with one attached hydrogen (secondary N) is 1. The van der Waals surface area contributed by atoms with Gasteiger partial charge < -0.3 is 5.11 Å². The number of piperidine rings is 1. The molecule has 19 heavy (non-hydrogen) atoms. The van der Waals surface area contributed by atoms with Gasteiger partial charge in [0.15, 0.2) is 0 Å². The van der Waals surface area contributed by atoms with Crippen molar-refractivity contribution in [3.8, 4) is 0 Å². The molecule has 1 heterocycles. The van der Waals surface area contributed by atoms with Crippen molar-refractivity contribution in [2.75, 3.05) is 0 Å². The molecule has 2 fully saturated rings. The molecule has 1 saturated heterocycles. The predicted molar refractivity (Wildman–Crippen MR) is 68.5 cm³/mol. The molecule has 0 aromatic heterocycles. The number of halogens is 2. The molecule has 1 aromatic rings. The number of benzene rings is 1. The largest absolute Gasteiger partial charge is 0.378 e. The van der Waals surface area contributed by atoms with Gasteiger partial charge in [0, 0.05) is 23.4 Å². The zero-order valence-corrected chi connectivity index (χ0v) is 11.4. The second-order valence-electron chi connectivity index (χ2n) is 6.92. The van der Waals surface area contributed by atoms with Gasteiger partial charge in [-0.25, -0.2) is 8.78 Å². The molecule has 0 amide bonds. The molecule has 2 nitrogen and oxygen atoms in total. The number of rotatable bonds is 1. The monoisotopic (exact) mass is 267 g/mol. The number of aliphatic hydroxyl groups excluding tert-OH is 1. The van der Waals surface area contributed by atoms with Crippen molar-refractivity contribution in [3.05, 3.63) is 35.4 Å². The summed E-state index contributed by atoms with van der Waals surface area (Å²) in [5, 5.41) is 13.2. The molecular weight excluding hydrogens is 248 g/mol. The fraction of sp³-hybridized carbons (Fsp3) is 0.600. The van der Waals surface area contributed by atoms with Crippen molar-refractivity contribution in [3.63, 3.8) is 0 Å². The Hall–Kier alpha value is -1.00. The fourth-order valence-corrected chi connectivity index (χ4v) is 3.81. The number of aliphatic hydroxyl groups is 1. The van der Waals surface area contributed by atoms with Gasteiger partial charge >= 0.3 is 0 Å². The SMILES string of the molecule is CC(C)(C)C1NC(O)C2CC21c1cc(F)cc(F)c1. The van der Waals surface area contributed by atoms with Crippen LogP contribution in [0.25, 0.3) is 0 Å². The Morgan fingerprint density at radius 3 is 2.26 bits per heavy atom. The normalized spacial score (nSPS) is 37.3. The lowest BCUT2D eigenvalue weighted by Gasteiger charge is -2.35. The van der Waals surface area contributed by atoms with Crippen molar-refractivity contribution in [1.29, 1.82) is 0 Å². The highest BCUT2D eigenvalue weighted by Gasteiger charge is 2.69. The van der Waals surface area contributed by atoms with Crippen LogP contribution in [0.4, 0.5) is 8.78 Å². The third-order valence-electron chi connectivity index (χ3n) is 4.56. The van der Waals surface area contributed by atoms with E-state index in [1.165, 1.54) is 12.1 Å². The van der Waals surface area contributed by atoms with E-state index in [1.807, 2.05) is 0 Å². The summed E-state index contributed by atoms with van der Waals surface area (Å²) >= 11 is 0. The molecule has 2 aliphatic rings. The topological polar surface area (TPSA) is 32.3 Å². The Labute approximate surface area is 111 Å². The van der Waals surface area contributed by atoms with E-state index in [2.05, 4.69) is 26.1 Å². The molecule has 1 aliphatic heterocycles. The van der Waals surface area contributed by atoms with Gasteiger partial charge in [0.25, 0.3) is 0 Å². The van der Waals surface area contributed by atoms with Gasteiger partial charge in [-0.2, -0.15) is 0 Å². The molecule has 3 rings (SSSR count). The zero-order chi connectivity index (χ0) is 14.0. The fourth-order valence-electron chi connectivity index (χ4n) is 3.81. The molecule has 2 N–H and O–H groups in total. The Morgan fingerprint density at radius 2 is 1.79 bits per heavy atom. The van der Waals surface area contributed by atoms with Gasteiger partial charge in [-0.1, -0.05) is 20.8 Å². The standard InChI is InChI=1S/C15H19F2NO/c1-14(2,3)13-15(7-11(15)12(19)18-13)8-4-9(16)6-10(17)5-8/h4-6,11-13,18-19H,7H2,1-3H3. The molecule has 1 aliphatic carbocycles. The Kier molecular flexibility index (Phi) is 2.58. The lowest BCUT2D eigenvalue weighted by Crippen LogP contribution is -2.47. The minimum Gasteiger partial charge on any atom is -0.378 e. The van der Waals surface area contributed by atoms with Crippen LogP contribution in [0.1, 0.15) is 32.8 Å². The first-order valence-corrected chi connectivity index (χ1v) is 6.66. The van der Waals surface area contributed by atoms with Crippen LogP contribution in [0.15, 0.2) is 18.2 Å². The number of fused-ring (bicyclic) bond motifs is 1. The van der Waals surface area contributed by atoms with Gasteiger partial charge in [-0.05, 0) is 29.5 Å². The third kappa shape index (κ3) is 1.81. The van der Waals surface area contributed by atoms with Gasteiger partial charge in [-0.3, -0.25) is 5.32 Å². The maximum atomic E-state index is 13.5. The van der Waals surface area contributed by atoms with Crippen LogP contribution in [-0.4, -0.2) is 17.4 Å². The lowest BCUT2D eigenvalue weighted by atomic mass is 9.74. The second-order valence-corrected chi connectivity index (χ2v) is 6.92. The Balaban J connectivity index is 2.07. The summed E-state index contributed by atoms with van der Waals surface area (Å²) in [6.45, 7) is 6.24. The van der Waals surface area contributed by atoms with Crippen LogP contribution < -0.4 is 5.32 Å². The third-order valence-corrected chi connectivity index (χ3v) is 4.56. The van der Waals surface area contributed by atoms with Crippen LogP contribution in [0, 0.1) is 23.0 Å². The highest BCUT2D eigenvalue weighted by molar-refractivity contribution is 5.41. The zero-order valence-electron chi connectivity index (χ0n) is 11.4. The van der Waals surface area contributed by atoms with Crippen LogP contribution in [0.3, 0.4) is 0 Å². The summed E-state index contributed by atoms with van der Waals surface area (Å²) in [5.41, 5.74) is 0.245. The van der Waals surface area contributed by atoms with Gasteiger partial charge in [-0.15, -0.1) is 0 Å². The van der Waals surface area contributed by atoms with Crippen molar-refractivity contribution in [2.24, 2.45) is 11.3 Å². The molecule has 0 bridgehead atoms. The lowest BCUT2D eigenvalue weighted by molar-refractivity contribution is 0.111. The molecule has 4 atom stereocenters. The summed E-state index contributed by atoms with van der Waals surface area (Å²) in [6, 6.07) is 3.71. The second kappa shape index (κ2) is 3.76. The minimum atomic E-state index is -0.587. The van der Waals surface area contributed by atoms with E-state index in [4.69, 9.17) is 0 Å². The average Bonchev–Trinajstić information content (AvgIpc) is 2.92. The highest BCUT2D eigenvalue weighted by atomic mass is 19.1. The van der Waals surface area contributed by atoms with Crippen LogP contribution in [-0.2, 0) is 5.41 Å². The van der Waals surface area contributed by atoms with Crippen LogP contribution >= 0.6 is 0 Å². The molecule has 0 radical (unpaired) electrons. The van der Waals surface area contributed by atoms with E-state index in [0.29, 0.717) is 5.56 Å². The number of hydrogen-bond donors (Lipinski definition) is 2. The van der Waals surface area contributed by atoms with E-state index < -0.39 is 17.9 Å². The van der Waals surface area contributed by atoms with Crippen LogP contribution in [0.5, 0.6) is 0 Å². The van der Waals surface area contributed by atoms with Gasteiger partial charge in [0.1, 0.15) is 17.9 Å². The first-order valence-electron chi connectivity index (χ1n) is 6.66. The van der Waals surface area contributed by atoms with Crippen molar-refractivity contribution in [2.45, 2.75) is 44.9 Å². The Bertz CT molecular complexity index is 505. The quantitative estimate of drug-likeness (QED) is 0.819. The average molecular weight is 267 g/mol. The molecule has 0 spiro atoms. The first kappa shape index (κ1) is 13.0. The highest BCUT2D eigenvalue weighted by Crippen LogP contribution is 2.64. The van der Waals surface area contributed by atoms with E-state index in [-0.39, 0.29) is 22.8 Å². The predicted octanol–water partition coefficient (Wildman–Crippen LogP) is 2.56. The van der Waals surface area contributed by atoms with E-state index in [0.717, 1.165) is 12.5 Å². The summed E-state index contributed by atoms with van der Waals surface area (Å²) in [4.78, 5) is 0. The van der Waals surface area contributed by atoms with Gasteiger partial charge in [0.05, 0.1) is 0 Å². The summed E-state index contributed by atoms with van der Waals surface area (Å²) < 4.78 is 26.9. The van der Waals surface area contributed by atoms with E-state index >= 15 is 0 Å². The number of hydrogen-bond acceptors (Lipinski definition) is 2. The molecule has 1 aromatic carbocycles. The summed E-state index contributed by atoms with van der Waals surface area (Å²) in [6.07, 6.45) is 0.196. The van der Waals surface area contributed by atoms with Crippen molar-refractivity contribution < 1.29 is 13.9 Å². The molecule has 104 valence electrons. The molecule has 4 heteroatoms. The van der Waals surface area contributed by atoms with Crippen molar-refractivity contribution in [1.82, 2.24) is 5.32 Å². The van der Waals surface area contributed by atoms with Crippen molar-refractivity contribution >= 4 is 0 Å². The van der Waals surface area contributed by atoms with E-state index in [1.54, 1.807) is 0 Å². The molecule has 4 unspecified atom stereocenters. The molecular formula is C15H19F2NO. The Morgan fingerprint density at radius 1 is 1.21 bits per heavy atom. The maximum absolute atomic E-state index is 13.5. The smallest absolute Gasteiger partial charge is 0.126 e. The van der Waals surface area contributed by atoms with Gasteiger partial charge in [0.2, 0.25) is 0 Å². The summed E-state index contributed by atoms with van der Waals surface area (Å²) in [7, 11) is 0.